The van der Waals surface area contributed by atoms with Crippen LogP contribution in [0.1, 0.15) is 11.4 Å². The fourth-order valence-corrected chi connectivity index (χ4v) is 1.51. The van der Waals surface area contributed by atoms with E-state index in [-0.39, 0.29) is 5.56 Å². The van der Waals surface area contributed by atoms with Crippen LogP contribution in [0.4, 0.5) is 0 Å². The monoisotopic (exact) mass is 235 g/mol. The van der Waals surface area contributed by atoms with Gasteiger partial charge >= 0.3 is 0 Å². The summed E-state index contributed by atoms with van der Waals surface area (Å²) in [6.45, 7) is 2.29. The molecule has 0 amide bonds. The van der Waals surface area contributed by atoms with Gasteiger partial charge in [0.1, 0.15) is 5.15 Å². The summed E-state index contributed by atoms with van der Waals surface area (Å²) in [5.41, 5.74) is 1.56. The van der Waals surface area contributed by atoms with Gasteiger partial charge in [-0.25, -0.2) is 4.98 Å². The quantitative estimate of drug-likeness (QED) is 0.795. The summed E-state index contributed by atoms with van der Waals surface area (Å²) >= 11 is 5.64. The summed E-state index contributed by atoms with van der Waals surface area (Å²) in [6.07, 6.45) is 3.04. The van der Waals surface area contributed by atoms with Crippen molar-refractivity contribution in [1.29, 1.82) is 0 Å². The van der Waals surface area contributed by atoms with Gasteiger partial charge in [0, 0.05) is 11.8 Å². The first kappa shape index (κ1) is 10.8. The second-order valence-electron chi connectivity index (χ2n) is 3.42. The summed E-state index contributed by atoms with van der Waals surface area (Å²) in [7, 11) is 0. The largest absolute Gasteiger partial charge is 0.307 e. The fraction of sp³-hybridized carbons (Fsp3) is 0.182. The van der Waals surface area contributed by atoms with Gasteiger partial charge in [-0.05, 0) is 13.0 Å². The predicted molar refractivity (Wildman–Crippen MR) is 61.6 cm³/mol. The van der Waals surface area contributed by atoms with Crippen molar-refractivity contribution in [3.8, 4) is 0 Å². The summed E-state index contributed by atoms with van der Waals surface area (Å²) in [4.78, 5) is 19.6. The van der Waals surface area contributed by atoms with Gasteiger partial charge in [-0.2, -0.15) is 0 Å². The molecule has 2 aromatic heterocycles. The lowest BCUT2D eigenvalue weighted by Crippen LogP contribution is -2.21. The average Bonchev–Trinajstić information content (AvgIpc) is 2.26. The first-order valence-electron chi connectivity index (χ1n) is 4.80. The zero-order valence-electron chi connectivity index (χ0n) is 8.72. The SMILES string of the molecule is Cc1cccc(=O)n1Cc1cnc(Cl)cn1. The Hall–Kier alpha value is -1.68. The maximum Gasteiger partial charge on any atom is 0.251 e. The zero-order valence-corrected chi connectivity index (χ0v) is 9.48. The van der Waals surface area contributed by atoms with E-state index < -0.39 is 0 Å². The molecule has 0 unspecified atom stereocenters. The molecule has 0 aliphatic rings. The predicted octanol–water partition coefficient (Wildman–Crippen LogP) is 1.65. The number of nitrogens with zero attached hydrogens (tertiary/aromatic N) is 3. The normalized spacial score (nSPS) is 10.4. The lowest BCUT2D eigenvalue weighted by atomic mass is 10.3. The fourth-order valence-electron chi connectivity index (χ4n) is 1.41. The van der Waals surface area contributed by atoms with Gasteiger partial charge in [0.2, 0.25) is 0 Å². The summed E-state index contributed by atoms with van der Waals surface area (Å²) in [6, 6.07) is 5.14. The van der Waals surface area contributed by atoms with Crippen molar-refractivity contribution in [2.24, 2.45) is 0 Å². The Balaban J connectivity index is 2.34. The van der Waals surface area contributed by atoms with Crippen LogP contribution in [-0.4, -0.2) is 14.5 Å². The molecule has 2 heterocycles. The van der Waals surface area contributed by atoms with Crippen molar-refractivity contribution in [3.05, 3.63) is 57.5 Å². The average molecular weight is 236 g/mol. The lowest BCUT2D eigenvalue weighted by molar-refractivity contribution is 0.709. The molecule has 0 N–H and O–H groups in total. The van der Waals surface area contributed by atoms with Crippen LogP contribution >= 0.6 is 11.6 Å². The van der Waals surface area contributed by atoms with Crippen LogP contribution in [0.3, 0.4) is 0 Å². The van der Waals surface area contributed by atoms with Crippen LogP contribution < -0.4 is 5.56 Å². The van der Waals surface area contributed by atoms with Crippen molar-refractivity contribution in [2.45, 2.75) is 13.5 Å². The van der Waals surface area contributed by atoms with Gasteiger partial charge in [-0.15, -0.1) is 0 Å². The molecule has 2 rings (SSSR count). The Bertz CT molecular complexity index is 548. The van der Waals surface area contributed by atoms with Crippen molar-refractivity contribution in [2.75, 3.05) is 0 Å². The van der Waals surface area contributed by atoms with E-state index in [2.05, 4.69) is 9.97 Å². The molecular weight excluding hydrogens is 226 g/mol. The van der Waals surface area contributed by atoms with Gasteiger partial charge in [0.15, 0.2) is 0 Å². The molecule has 0 aliphatic carbocycles. The maximum absolute atomic E-state index is 11.6. The second-order valence-corrected chi connectivity index (χ2v) is 3.81. The molecule has 0 spiro atoms. The minimum absolute atomic E-state index is 0.0447. The number of hydrogen-bond acceptors (Lipinski definition) is 3. The Morgan fingerprint density at radius 1 is 1.31 bits per heavy atom. The second kappa shape index (κ2) is 4.45. The van der Waals surface area contributed by atoms with Gasteiger partial charge in [-0.3, -0.25) is 9.78 Å². The van der Waals surface area contributed by atoms with Gasteiger partial charge in [-0.1, -0.05) is 17.7 Å². The number of aromatic nitrogens is 3. The number of halogens is 1. The highest BCUT2D eigenvalue weighted by molar-refractivity contribution is 6.29. The number of rotatable bonds is 2. The molecule has 0 radical (unpaired) electrons. The topological polar surface area (TPSA) is 47.8 Å². The Kier molecular flexibility index (Phi) is 3.01. The summed E-state index contributed by atoms with van der Waals surface area (Å²) in [5.74, 6) is 0. The van der Waals surface area contributed by atoms with Crippen molar-refractivity contribution in [3.63, 3.8) is 0 Å². The van der Waals surface area contributed by atoms with Gasteiger partial charge in [0.05, 0.1) is 24.6 Å². The molecule has 0 atom stereocenters. The summed E-state index contributed by atoms with van der Waals surface area (Å²) in [5, 5.41) is 0.348. The standard InChI is InChI=1S/C11H10ClN3O/c1-8-3-2-4-11(16)15(8)7-9-5-14-10(12)6-13-9/h2-6H,7H2,1H3. The molecule has 0 aliphatic heterocycles. The van der Waals surface area contributed by atoms with Gasteiger partial charge < -0.3 is 4.57 Å². The molecule has 82 valence electrons. The van der Waals surface area contributed by atoms with E-state index >= 15 is 0 Å². The molecule has 0 bridgehead atoms. The Labute approximate surface area is 97.6 Å². The smallest absolute Gasteiger partial charge is 0.251 e. The lowest BCUT2D eigenvalue weighted by Gasteiger charge is -2.07. The van der Waals surface area contributed by atoms with E-state index in [1.807, 2.05) is 13.0 Å². The van der Waals surface area contributed by atoms with Crippen LogP contribution in [0.15, 0.2) is 35.4 Å². The third-order valence-electron chi connectivity index (χ3n) is 2.26. The highest BCUT2D eigenvalue weighted by atomic mass is 35.5. The van der Waals surface area contributed by atoms with Crippen LogP contribution in [0.2, 0.25) is 5.15 Å². The van der Waals surface area contributed by atoms with Crippen LogP contribution in [0.5, 0.6) is 0 Å². The Morgan fingerprint density at radius 2 is 2.12 bits per heavy atom. The first-order chi connectivity index (χ1) is 7.66. The van der Waals surface area contributed by atoms with Crippen molar-refractivity contribution >= 4 is 11.6 Å². The molecule has 0 saturated heterocycles. The van der Waals surface area contributed by atoms with Crippen LogP contribution in [-0.2, 0) is 6.54 Å². The molecule has 0 fully saturated rings. The highest BCUT2D eigenvalue weighted by Gasteiger charge is 2.02. The van der Waals surface area contributed by atoms with E-state index in [1.54, 1.807) is 16.8 Å². The Morgan fingerprint density at radius 3 is 2.75 bits per heavy atom. The first-order valence-corrected chi connectivity index (χ1v) is 5.17. The zero-order chi connectivity index (χ0) is 11.5. The minimum atomic E-state index is -0.0447. The van der Waals surface area contributed by atoms with E-state index in [0.29, 0.717) is 17.4 Å². The highest BCUT2D eigenvalue weighted by Crippen LogP contribution is 2.03. The minimum Gasteiger partial charge on any atom is -0.307 e. The van der Waals surface area contributed by atoms with E-state index in [1.165, 1.54) is 12.3 Å². The number of aryl methyl sites for hydroxylation is 1. The molecule has 16 heavy (non-hydrogen) atoms. The number of pyridine rings is 1. The van der Waals surface area contributed by atoms with E-state index in [0.717, 1.165) is 5.69 Å². The van der Waals surface area contributed by atoms with E-state index in [4.69, 9.17) is 11.6 Å². The summed E-state index contributed by atoms with van der Waals surface area (Å²) < 4.78 is 1.64. The van der Waals surface area contributed by atoms with Crippen LogP contribution in [0.25, 0.3) is 0 Å². The molecule has 5 heteroatoms. The molecule has 2 aromatic rings. The molecular formula is C11H10ClN3O. The van der Waals surface area contributed by atoms with Gasteiger partial charge in [0.25, 0.3) is 5.56 Å². The third kappa shape index (κ3) is 2.28. The maximum atomic E-state index is 11.6. The molecule has 4 nitrogen and oxygen atoms in total. The van der Waals surface area contributed by atoms with Crippen LogP contribution in [0, 0.1) is 6.92 Å². The van der Waals surface area contributed by atoms with Crippen molar-refractivity contribution in [1.82, 2.24) is 14.5 Å². The van der Waals surface area contributed by atoms with E-state index in [9.17, 15) is 4.79 Å². The molecule has 0 saturated carbocycles. The molecule has 0 aromatic carbocycles. The third-order valence-corrected chi connectivity index (χ3v) is 2.46. The number of hydrogen-bond donors (Lipinski definition) is 0. The van der Waals surface area contributed by atoms with Crippen molar-refractivity contribution < 1.29 is 0 Å².